The molecule has 1 unspecified atom stereocenters. The minimum atomic E-state index is -4.14. The molecule has 0 aliphatic rings. The molecule has 0 saturated carbocycles. The van der Waals surface area contributed by atoms with Crippen molar-refractivity contribution < 1.29 is 22.7 Å². The van der Waals surface area contributed by atoms with E-state index in [4.69, 9.17) is 16.3 Å². The Morgan fingerprint density at radius 3 is 2.26 bits per heavy atom. The first-order valence-corrected chi connectivity index (χ1v) is 14.1. The molecular weight excluding hydrogens is 526 g/mol. The van der Waals surface area contributed by atoms with Gasteiger partial charge in [0.1, 0.15) is 18.3 Å². The minimum Gasteiger partial charge on any atom is -0.494 e. The maximum Gasteiger partial charge on any atom is 0.264 e. The van der Waals surface area contributed by atoms with Crippen molar-refractivity contribution in [2.45, 2.75) is 38.3 Å². The summed E-state index contributed by atoms with van der Waals surface area (Å²) in [5.41, 5.74) is 1.03. The van der Waals surface area contributed by atoms with Gasteiger partial charge in [-0.1, -0.05) is 41.9 Å². The van der Waals surface area contributed by atoms with Crippen molar-refractivity contribution in [2.24, 2.45) is 0 Å². The number of carbonyl (C=O) groups excluding carboxylic acids is 2. The Bertz CT molecular complexity index is 1330. The average Bonchev–Trinajstić information content (AvgIpc) is 2.91. The van der Waals surface area contributed by atoms with Gasteiger partial charge in [-0.3, -0.25) is 13.9 Å². The summed E-state index contributed by atoms with van der Waals surface area (Å²) in [6, 6.07) is 20.5. The lowest BCUT2D eigenvalue weighted by atomic mass is 10.1. The Labute approximate surface area is 229 Å². The van der Waals surface area contributed by atoms with Gasteiger partial charge in [-0.25, -0.2) is 8.42 Å². The van der Waals surface area contributed by atoms with E-state index in [1.165, 1.54) is 17.0 Å². The molecule has 3 aromatic carbocycles. The summed E-state index contributed by atoms with van der Waals surface area (Å²) in [5, 5.41) is 3.22. The van der Waals surface area contributed by atoms with Crippen LogP contribution in [0.2, 0.25) is 5.02 Å². The molecule has 0 aliphatic carbocycles. The highest BCUT2D eigenvalue weighted by atomic mass is 35.5. The second-order valence-corrected chi connectivity index (χ2v) is 10.8. The highest BCUT2D eigenvalue weighted by molar-refractivity contribution is 7.92. The lowest BCUT2D eigenvalue weighted by Gasteiger charge is -2.32. The molecule has 0 saturated heterocycles. The molecule has 0 radical (unpaired) electrons. The number of benzene rings is 3. The number of carbonyl (C=O) groups is 2. The van der Waals surface area contributed by atoms with E-state index in [0.29, 0.717) is 35.2 Å². The summed E-state index contributed by atoms with van der Waals surface area (Å²) >= 11 is 6.14. The van der Waals surface area contributed by atoms with Crippen LogP contribution in [0.4, 0.5) is 5.69 Å². The van der Waals surface area contributed by atoms with Crippen LogP contribution in [-0.2, 0) is 26.2 Å². The summed E-state index contributed by atoms with van der Waals surface area (Å²) in [4.78, 5) is 27.9. The molecule has 3 rings (SSSR count). The Morgan fingerprint density at radius 1 is 0.974 bits per heavy atom. The number of amides is 2. The maximum atomic E-state index is 13.8. The van der Waals surface area contributed by atoms with Gasteiger partial charge in [-0.05, 0) is 74.9 Å². The number of rotatable bonds is 12. The maximum absolute atomic E-state index is 13.8. The first-order chi connectivity index (χ1) is 18.2. The molecule has 202 valence electrons. The van der Waals surface area contributed by atoms with E-state index < -0.39 is 28.5 Å². The largest absolute Gasteiger partial charge is 0.494 e. The van der Waals surface area contributed by atoms with Crippen molar-refractivity contribution in [1.29, 1.82) is 0 Å². The zero-order valence-electron chi connectivity index (χ0n) is 21.6. The van der Waals surface area contributed by atoms with Crippen LogP contribution < -0.4 is 14.4 Å². The van der Waals surface area contributed by atoms with Crippen molar-refractivity contribution in [3.05, 3.63) is 89.4 Å². The second-order valence-electron chi connectivity index (χ2n) is 8.47. The monoisotopic (exact) mass is 557 g/mol. The van der Waals surface area contributed by atoms with Crippen LogP contribution in [0.15, 0.2) is 83.8 Å². The lowest BCUT2D eigenvalue weighted by Crippen LogP contribution is -2.51. The zero-order valence-corrected chi connectivity index (χ0v) is 23.2. The van der Waals surface area contributed by atoms with Gasteiger partial charge >= 0.3 is 0 Å². The van der Waals surface area contributed by atoms with Gasteiger partial charge in [0, 0.05) is 18.1 Å². The van der Waals surface area contributed by atoms with E-state index in [9.17, 15) is 18.0 Å². The number of anilines is 1. The summed E-state index contributed by atoms with van der Waals surface area (Å²) < 4.78 is 34.1. The molecule has 0 aliphatic heterocycles. The van der Waals surface area contributed by atoms with Crippen LogP contribution in [0.3, 0.4) is 0 Å². The summed E-state index contributed by atoms with van der Waals surface area (Å²) in [6.07, 6.45) is 0. The number of halogens is 1. The van der Waals surface area contributed by atoms with Crippen molar-refractivity contribution in [2.75, 3.05) is 24.0 Å². The first kappa shape index (κ1) is 29.0. The topological polar surface area (TPSA) is 96.0 Å². The van der Waals surface area contributed by atoms with Crippen LogP contribution in [0.1, 0.15) is 26.3 Å². The highest BCUT2D eigenvalue weighted by Gasteiger charge is 2.32. The zero-order chi connectivity index (χ0) is 27.7. The second kappa shape index (κ2) is 13.3. The van der Waals surface area contributed by atoms with Gasteiger partial charge < -0.3 is 15.0 Å². The normalized spacial score (nSPS) is 11.9. The van der Waals surface area contributed by atoms with Crippen LogP contribution in [0.5, 0.6) is 5.75 Å². The molecule has 2 amide bonds. The molecule has 0 heterocycles. The minimum absolute atomic E-state index is 0.00997. The molecule has 38 heavy (non-hydrogen) atoms. The van der Waals surface area contributed by atoms with Gasteiger partial charge in [0.15, 0.2) is 0 Å². The number of nitrogens with one attached hydrogen (secondary N) is 1. The van der Waals surface area contributed by atoms with Crippen LogP contribution in [0, 0.1) is 0 Å². The molecule has 0 fully saturated rings. The third-order valence-electron chi connectivity index (χ3n) is 5.81. The van der Waals surface area contributed by atoms with Gasteiger partial charge in [0.25, 0.3) is 10.0 Å². The predicted molar refractivity (Wildman–Crippen MR) is 149 cm³/mol. The first-order valence-electron chi connectivity index (χ1n) is 12.3. The molecule has 3 aromatic rings. The molecule has 0 bridgehead atoms. The fourth-order valence-corrected chi connectivity index (χ4v) is 5.49. The number of ether oxygens (including phenoxy) is 1. The summed E-state index contributed by atoms with van der Waals surface area (Å²) in [7, 11) is -4.14. The predicted octanol–water partition coefficient (Wildman–Crippen LogP) is 4.49. The standard InChI is InChI=1S/C28H32ClN3O5S/c1-4-30-28(34)21(3)31(19-22-10-9-11-23(29)18-22)27(33)20-32(24-12-7-6-8-13-24)38(35,36)26-16-14-25(15-17-26)37-5-2/h6-18,21H,4-5,19-20H2,1-3H3,(H,30,34). The Balaban J connectivity index is 1.99. The Kier molecular flexibility index (Phi) is 10.2. The molecular formula is C28H32ClN3O5S. The smallest absolute Gasteiger partial charge is 0.264 e. The van der Waals surface area contributed by atoms with Gasteiger partial charge in [-0.15, -0.1) is 0 Å². The molecule has 0 aromatic heterocycles. The van der Waals surface area contributed by atoms with E-state index >= 15 is 0 Å². The van der Waals surface area contributed by atoms with E-state index in [2.05, 4.69) is 5.32 Å². The summed E-state index contributed by atoms with van der Waals surface area (Å²) in [5.74, 6) is -0.345. The quantitative estimate of drug-likeness (QED) is 0.354. The highest BCUT2D eigenvalue weighted by Crippen LogP contribution is 2.26. The van der Waals surface area contributed by atoms with Crippen molar-refractivity contribution in [3.63, 3.8) is 0 Å². The van der Waals surface area contributed by atoms with Gasteiger partial charge in [0.05, 0.1) is 17.2 Å². The number of sulfonamides is 1. The van der Waals surface area contributed by atoms with E-state index in [-0.39, 0.29) is 17.3 Å². The molecule has 10 heteroatoms. The number of hydrogen-bond donors (Lipinski definition) is 1. The van der Waals surface area contributed by atoms with Crippen molar-refractivity contribution in [1.82, 2.24) is 10.2 Å². The van der Waals surface area contributed by atoms with E-state index in [0.717, 1.165) is 4.31 Å². The summed E-state index contributed by atoms with van der Waals surface area (Å²) in [6.45, 7) is 5.64. The number of hydrogen-bond acceptors (Lipinski definition) is 5. The Morgan fingerprint density at radius 2 is 1.66 bits per heavy atom. The van der Waals surface area contributed by atoms with Crippen LogP contribution in [0.25, 0.3) is 0 Å². The van der Waals surface area contributed by atoms with Gasteiger partial charge in [-0.2, -0.15) is 0 Å². The lowest BCUT2D eigenvalue weighted by molar-refractivity contribution is -0.139. The third kappa shape index (κ3) is 7.26. The average molecular weight is 558 g/mol. The van der Waals surface area contributed by atoms with E-state index in [1.807, 2.05) is 6.92 Å². The molecule has 1 N–H and O–H groups in total. The van der Waals surface area contributed by atoms with Crippen molar-refractivity contribution in [3.8, 4) is 5.75 Å². The SMILES string of the molecule is CCNC(=O)C(C)N(Cc1cccc(Cl)c1)C(=O)CN(c1ccccc1)S(=O)(=O)c1ccc(OCC)cc1. The molecule has 8 nitrogen and oxygen atoms in total. The van der Waals surface area contributed by atoms with Crippen LogP contribution in [-0.4, -0.2) is 50.9 Å². The third-order valence-corrected chi connectivity index (χ3v) is 7.83. The van der Waals surface area contributed by atoms with Crippen LogP contribution >= 0.6 is 11.6 Å². The number of nitrogens with zero attached hydrogens (tertiary/aromatic N) is 2. The fraction of sp³-hybridized carbons (Fsp3) is 0.286. The molecule has 0 spiro atoms. The number of likely N-dealkylation sites (N-methyl/N-ethyl adjacent to an activating group) is 1. The number of para-hydroxylation sites is 1. The van der Waals surface area contributed by atoms with Gasteiger partial charge in [0.2, 0.25) is 11.8 Å². The Hall–Kier alpha value is -3.56. The fourth-order valence-electron chi connectivity index (χ4n) is 3.86. The van der Waals surface area contributed by atoms with E-state index in [1.54, 1.807) is 80.6 Å². The molecule has 1 atom stereocenters. The van der Waals surface area contributed by atoms with Crippen molar-refractivity contribution >= 4 is 39.1 Å².